The number of nitrogens with one attached hydrogen (secondary N) is 3. The molecule has 2 aliphatic rings. The largest absolute Gasteiger partial charge is 0.436 e. The van der Waals surface area contributed by atoms with Crippen LogP contribution in [0.15, 0.2) is 33.7 Å². The van der Waals surface area contributed by atoms with E-state index < -0.39 is 34.1 Å². The van der Waals surface area contributed by atoms with E-state index in [9.17, 15) is 23.1 Å². The Hall–Kier alpha value is -2.97. The number of benzene rings is 1. The van der Waals surface area contributed by atoms with Crippen molar-refractivity contribution < 1.29 is 27.5 Å². The van der Waals surface area contributed by atoms with Crippen LogP contribution in [-0.2, 0) is 27.8 Å². The Morgan fingerprint density at radius 1 is 1.29 bits per heavy atom. The van der Waals surface area contributed by atoms with Gasteiger partial charge in [0.1, 0.15) is 23.1 Å². The highest BCUT2D eigenvalue weighted by Gasteiger charge is 2.42. The number of H-pyrrole nitrogens is 1. The number of aromatic nitrogens is 2. The van der Waals surface area contributed by atoms with E-state index in [1.807, 2.05) is 0 Å². The van der Waals surface area contributed by atoms with Crippen LogP contribution in [0.5, 0.6) is 0 Å². The second-order valence-electron chi connectivity index (χ2n) is 8.35. The van der Waals surface area contributed by atoms with Gasteiger partial charge in [0.05, 0.1) is 12.2 Å². The van der Waals surface area contributed by atoms with Gasteiger partial charge >= 0.3 is 5.91 Å². The number of aliphatic hydroxyl groups is 1. The number of fused-ring (bicyclic) bond motifs is 2. The number of carbonyl (C=O) groups excluding carboxylic acids is 2. The summed E-state index contributed by atoms with van der Waals surface area (Å²) in [6.45, 7) is -0.101. The fraction of sp³-hybridized carbons (Fsp3) is 0.381. The van der Waals surface area contributed by atoms with E-state index in [4.69, 9.17) is 16.0 Å². The molecule has 4 heterocycles. The minimum absolute atomic E-state index is 0.0294. The van der Waals surface area contributed by atoms with Gasteiger partial charge in [-0.3, -0.25) is 14.9 Å². The first kappa shape index (κ1) is 23.8. The summed E-state index contributed by atoms with van der Waals surface area (Å²) in [6, 6.07) is 5.39. The molecule has 14 heteroatoms. The number of rotatable bonds is 4. The summed E-state index contributed by atoms with van der Waals surface area (Å²) in [5, 5.41) is 16.1. The zero-order valence-corrected chi connectivity index (χ0v) is 20.2. The molecule has 3 aromatic rings. The van der Waals surface area contributed by atoms with Crippen molar-refractivity contribution in [2.24, 2.45) is 0 Å². The second-order valence-corrected chi connectivity index (χ2v) is 10.7. The SMILES string of the molecule is CNC(=O)C1CN(S(=O)(=O)c2cc3cc(Cl)ccc3[nH]2)CCN1C(=O)c1nc2c(o1)CNC(O)C2. The minimum Gasteiger partial charge on any atom is -0.436 e. The number of hydrogen-bond acceptors (Lipinski definition) is 8. The quantitative estimate of drug-likeness (QED) is 0.373. The van der Waals surface area contributed by atoms with Gasteiger partial charge in [0.15, 0.2) is 0 Å². The molecule has 0 aliphatic carbocycles. The summed E-state index contributed by atoms with van der Waals surface area (Å²) >= 11 is 6.01. The number of aliphatic hydroxyl groups excluding tert-OH is 1. The van der Waals surface area contributed by atoms with Crippen LogP contribution in [0, 0.1) is 0 Å². The van der Waals surface area contributed by atoms with Gasteiger partial charge < -0.3 is 24.7 Å². The number of halogens is 1. The number of likely N-dealkylation sites (N-methyl/N-ethyl adjacent to an activating group) is 1. The van der Waals surface area contributed by atoms with Crippen molar-refractivity contribution in [2.45, 2.75) is 30.3 Å². The molecular weight excluding hydrogens is 500 g/mol. The number of aromatic amines is 1. The molecule has 186 valence electrons. The molecule has 1 fully saturated rings. The number of piperazine rings is 1. The van der Waals surface area contributed by atoms with Crippen molar-refractivity contribution in [3.05, 3.63) is 46.6 Å². The summed E-state index contributed by atoms with van der Waals surface area (Å²) in [4.78, 5) is 34.3. The molecule has 1 aromatic carbocycles. The van der Waals surface area contributed by atoms with Crippen molar-refractivity contribution in [3.8, 4) is 0 Å². The van der Waals surface area contributed by atoms with E-state index in [0.717, 1.165) is 0 Å². The molecule has 4 N–H and O–H groups in total. The lowest BCUT2D eigenvalue weighted by atomic mass is 10.1. The molecule has 0 bridgehead atoms. The molecule has 5 rings (SSSR count). The highest BCUT2D eigenvalue weighted by Crippen LogP contribution is 2.27. The van der Waals surface area contributed by atoms with Crippen LogP contribution in [-0.4, -0.2) is 83.5 Å². The Kier molecular flexibility index (Phi) is 6.05. The summed E-state index contributed by atoms with van der Waals surface area (Å²) in [6.07, 6.45) is -0.601. The van der Waals surface area contributed by atoms with Crippen LogP contribution < -0.4 is 10.6 Å². The van der Waals surface area contributed by atoms with Gasteiger partial charge in [-0.1, -0.05) is 11.6 Å². The maximum absolute atomic E-state index is 13.4. The van der Waals surface area contributed by atoms with Gasteiger partial charge in [-0.15, -0.1) is 0 Å². The fourth-order valence-corrected chi connectivity index (χ4v) is 5.96. The Balaban J connectivity index is 1.40. The van der Waals surface area contributed by atoms with Gasteiger partial charge in [-0.05, 0) is 24.3 Å². The van der Waals surface area contributed by atoms with Crippen LogP contribution in [0.3, 0.4) is 0 Å². The van der Waals surface area contributed by atoms with Crippen molar-refractivity contribution in [1.29, 1.82) is 0 Å². The Morgan fingerprint density at radius 3 is 2.86 bits per heavy atom. The smallest absolute Gasteiger partial charge is 0.310 e. The molecule has 12 nitrogen and oxygen atoms in total. The number of oxazole rings is 1. The zero-order chi connectivity index (χ0) is 24.9. The van der Waals surface area contributed by atoms with Gasteiger partial charge in [-0.25, -0.2) is 13.4 Å². The molecule has 2 atom stereocenters. The normalized spacial score (nSPS) is 21.2. The average Bonchev–Trinajstić information content (AvgIpc) is 3.46. The van der Waals surface area contributed by atoms with E-state index in [-0.39, 0.29) is 43.5 Å². The van der Waals surface area contributed by atoms with Crippen molar-refractivity contribution >= 4 is 44.3 Å². The first-order valence-corrected chi connectivity index (χ1v) is 12.7. The van der Waals surface area contributed by atoms with Crippen molar-refractivity contribution in [2.75, 3.05) is 26.7 Å². The number of sulfonamides is 1. The lowest BCUT2D eigenvalue weighted by Gasteiger charge is -2.38. The summed E-state index contributed by atoms with van der Waals surface area (Å²) in [7, 11) is -2.58. The molecule has 2 amide bonds. The Morgan fingerprint density at radius 2 is 2.09 bits per heavy atom. The molecule has 0 radical (unpaired) electrons. The number of hydrogen-bond donors (Lipinski definition) is 4. The predicted molar refractivity (Wildman–Crippen MR) is 124 cm³/mol. The van der Waals surface area contributed by atoms with Gasteiger partial charge in [0.25, 0.3) is 15.9 Å². The third kappa shape index (κ3) is 4.29. The third-order valence-electron chi connectivity index (χ3n) is 6.18. The van der Waals surface area contributed by atoms with E-state index in [0.29, 0.717) is 27.4 Å². The molecular formula is C21H23ClN6O6S. The van der Waals surface area contributed by atoms with Crippen LogP contribution in [0.25, 0.3) is 10.9 Å². The summed E-state index contributed by atoms with van der Waals surface area (Å²) in [5.74, 6) is -0.909. The van der Waals surface area contributed by atoms with E-state index in [1.54, 1.807) is 18.2 Å². The Labute approximate surface area is 205 Å². The van der Waals surface area contributed by atoms with Crippen LogP contribution >= 0.6 is 11.6 Å². The zero-order valence-electron chi connectivity index (χ0n) is 18.6. The van der Waals surface area contributed by atoms with E-state index in [1.165, 1.54) is 22.3 Å². The van der Waals surface area contributed by atoms with Gasteiger partial charge in [0.2, 0.25) is 5.91 Å². The number of carbonyl (C=O) groups is 2. The van der Waals surface area contributed by atoms with Crippen LogP contribution in [0.2, 0.25) is 5.02 Å². The summed E-state index contributed by atoms with van der Waals surface area (Å²) < 4.78 is 33.5. The van der Waals surface area contributed by atoms with Gasteiger partial charge in [-0.2, -0.15) is 4.31 Å². The molecule has 0 saturated carbocycles. The molecule has 2 aromatic heterocycles. The number of amides is 2. The third-order valence-corrected chi connectivity index (χ3v) is 8.20. The lowest BCUT2D eigenvalue weighted by Crippen LogP contribution is -2.61. The Bertz CT molecular complexity index is 1420. The molecule has 2 aliphatic heterocycles. The fourth-order valence-electron chi connectivity index (χ4n) is 4.33. The van der Waals surface area contributed by atoms with Crippen LogP contribution in [0.4, 0.5) is 0 Å². The molecule has 2 unspecified atom stereocenters. The van der Waals surface area contributed by atoms with Crippen LogP contribution in [0.1, 0.15) is 22.1 Å². The average molecular weight is 523 g/mol. The van der Waals surface area contributed by atoms with E-state index in [2.05, 4.69) is 20.6 Å². The van der Waals surface area contributed by atoms with Gasteiger partial charge in [0, 0.05) is 49.0 Å². The molecule has 1 saturated heterocycles. The topological polar surface area (TPSA) is 161 Å². The lowest BCUT2D eigenvalue weighted by molar-refractivity contribution is -0.126. The maximum atomic E-state index is 13.4. The molecule has 0 spiro atoms. The van der Waals surface area contributed by atoms with Crippen molar-refractivity contribution in [1.82, 2.24) is 29.8 Å². The highest BCUT2D eigenvalue weighted by atomic mass is 35.5. The van der Waals surface area contributed by atoms with Crippen molar-refractivity contribution in [3.63, 3.8) is 0 Å². The summed E-state index contributed by atoms with van der Waals surface area (Å²) in [5.41, 5.74) is 1.08. The first-order chi connectivity index (χ1) is 16.7. The monoisotopic (exact) mass is 522 g/mol. The minimum atomic E-state index is -3.99. The second kappa shape index (κ2) is 8.91. The maximum Gasteiger partial charge on any atom is 0.310 e. The number of nitrogens with zero attached hydrogens (tertiary/aromatic N) is 3. The molecule has 35 heavy (non-hydrogen) atoms. The highest BCUT2D eigenvalue weighted by molar-refractivity contribution is 7.89. The standard InChI is InChI=1S/C21H23ClN6O6S/c1-23-19(30)15-10-27(35(32,33)18-7-11-6-12(22)2-3-13(11)25-18)4-5-28(15)21(31)20-26-14-8-17(29)24-9-16(14)34-20/h2-3,6-7,15,17,24-25,29H,4-5,8-10H2,1H3,(H,23,30). The predicted octanol–water partition coefficient (Wildman–Crippen LogP) is 0.0347. The van der Waals surface area contributed by atoms with E-state index >= 15 is 0 Å². The first-order valence-electron chi connectivity index (χ1n) is 10.9.